The van der Waals surface area contributed by atoms with Crippen molar-refractivity contribution in [2.75, 3.05) is 25.1 Å². The number of nitro benzene ring substituents is 1. The largest absolute Gasteiger partial charge is 0.497 e. The zero-order valence-corrected chi connectivity index (χ0v) is 19.6. The number of nitrogens with zero attached hydrogens (tertiary/aromatic N) is 3. The van der Waals surface area contributed by atoms with Crippen molar-refractivity contribution in [2.45, 2.75) is 4.90 Å². The van der Waals surface area contributed by atoms with Crippen LogP contribution in [0.4, 0.5) is 11.4 Å². The molecule has 0 unspecified atom stereocenters. The molecule has 3 rings (SSSR count). The number of nitro groups is 1. The predicted molar refractivity (Wildman–Crippen MR) is 129 cm³/mol. The van der Waals surface area contributed by atoms with Crippen LogP contribution >= 0.6 is 0 Å². The van der Waals surface area contributed by atoms with Crippen molar-refractivity contribution in [1.29, 1.82) is 0 Å². The van der Waals surface area contributed by atoms with Crippen molar-refractivity contribution in [3.05, 3.63) is 88.5 Å². The van der Waals surface area contributed by atoms with Crippen molar-refractivity contribution in [3.63, 3.8) is 0 Å². The third kappa shape index (κ3) is 6.12. The van der Waals surface area contributed by atoms with Crippen molar-refractivity contribution < 1.29 is 27.6 Å². The fourth-order valence-electron chi connectivity index (χ4n) is 3.06. The highest BCUT2D eigenvalue weighted by atomic mass is 32.2. The average molecular weight is 499 g/mol. The van der Waals surface area contributed by atoms with Crippen LogP contribution in [0.5, 0.6) is 11.5 Å². The number of hydrogen-bond donors (Lipinski definition) is 1. The lowest BCUT2D eigenvalue weighted by Crippen LogP contribution is -2.39. The van der Waals surface area contributed by atoms with Gasteiger partial charge in [-0.25, -0.2) is 13.8 Å². The molecule has 0 aliphatic heterocycles. The van der Waals surface area contributed by atoms with E-state index in [-0.39, 0.29) is 16.3 Å². The van der Waals surface area contributed by atoms with E-state index in [0.717, 1.165) is 16.4 Å². The maximum Gasteiger partial charge on any atom is 0.269 e. The van der Waals surface area contributed by atoms with Gasteiger partial charge in [0.05, 0.1) is 35.9 Å². The van der Waals surface area contributed by atoms with Gasteiger partial charge in [-0.3, -0.25) is 19.2 Å². The van der Waals surface area contributed by atoms with Crippen LogP contribution in [0, 0.1) is 10.1 Å². The molecule has 12 heteroatoms. The van der Waals surface area contributed by atoms with Gasteiger partial charge in [0, 0.05) is 17.7 Å². The summed E-state index contributed by atoms with van der Waals surface area (Å²) in [7, 11) is -1.18. The fourth-order valence-corrected chi connectivity index (χ4v) is 4.50. The molecule has 0 heterocycles. The number of sulfonamides is 1. The molecule has 0 aromatic heterocycles. The number of ether oxygens (including phenoxy) is 2. The second-order valence-corrected chi connectivity index (χ2v) is 8.86. The lowest BCUT2D eigenvalue weighted by atomic mass is 10.2. The van der Waals surface area contributed by atoms with Crippen LogP contribution in [-0.4, -0.2) is 46.2 Å². The molecule has 0 aliphatic carbocycles. The van der Waals surface area contributed by atoms with E-state index in [4.69, 9.17) is 9.47 Å². The number of carbonyl (C=O) groups is 1. The van der Waals surface area contributed by atoms with Crippen LogP contribution < -0.4 is 19.2 Å². The summed E-state index contributed by atoms with van der Waals surface area (Å²) in [5.41, 5.74) is 2.68. The average Bonchev–Trinajstić information content (AvgIpc) is 2.87. The summed E-state index contributed by atoms with van der Waals surface area (Å²) in [6, 6.07) is 17.4. The number of hydrazone groups is 1. The smallest absolute Gasteiger partial charge is 0.269 e. The second kappa shape index (κ2) is 11.1. The topological polar surface area (TPSA) is 140 Å². The summed E-state index contributed by atoms with van der Waals surface area (Å²) in [6.45, 7) is -0.623. The molecule has 35 heavy (non-hydrogen) atoms. The lowest BCUT2D eigenvalue weighted by Gasteiger charge is -2.23. The molecule has 3 aromatic carbocycles. The Labute approximate surface area is 201 Å². The normalized spacial score (nSPS) is 11.1. The Balaban J connectivity index is 1.86. The molecule has 0 saturated heterocycles. The number of nitrogens with one attached hydrogen (secondary N) is 1. The van der Waals surface area contributed by atoms with Gasteiger partial charge in [0.1, 0.15) is 18.0 Å². The SMILES string of the molecule is COc1ccc(OC)c(/C=N\NC(=O)CN(c2ccc([N+](=O)[O-])cc2)S(=O)(=O)c2ccccc2)c1. The Morgan fingerprint density at radius 3 is 2.34 bits per heavy atom. The van der Waals surface area contributed by atoms with Crippen LogP contribution in [0.2, 0.25) is 0 Å². The van der Waals surface area contributed by atoms with Gasteiger partial charge in [-0.2, -0.15) is 5.10 Å². The molecule has 182 valence electrons. The van der Waals surface area contributed by atoms with Gasteiger partial charge in [0.15, 0.2) is 0 Å². The number of non-ortho nitro benzene ring substituents is 1. The fraction of sp³-hybridized carbons (Fsp3) is 0.130. The Morgan fingerprint density at radius 1 is 1.06 bits per heavy atom. The zero-order valence-electron chi connectivity index (χ0n) is 18.8. The van der Waals surface area contributed by atoms with Crippen molar-refractivity contribution >= 4 is 33.5 Å². The summed E-state index contributed by atoms with van der Waals surface area (Å²) >= 11 is 0. The second-order valence-electron chi connectivity index (χ2n) is 7.00. The third-order valence-electron chi connectivity index (χ3n) is 4.80. The van der Waals surface area contributed by atoms with E-state index < -0.39 is 27.4 Å². The summed E-state index contributed by atoms with van der Waals surface area (Å²) in [4.78, 5) is 23.0. The Bertz CT molecular complexity index is 1330. The minimum absolute atomic E-state index is 0.0456. The van der Waals surface area contributed by atoms with E-state index in [0.29, 0.717) is 17.1 Å². The predicted octanol–water partition coefficient (Wildman–Crippen LogP) is 2.96. The summed E-state index contributed by atoms with van der Waals surface area (Å²) in [5, 5.41) is 14.9. The van der Waals surface area contributed by atoms with Crippen LogP contribution in [0.3, 0.4) is 0 Å². The number of hydrogen-bond acceptors (Lipinski definition) is 8. The maximum absolute atomic E-state index is 13.3. The molecule has 1 amide bonds. The minimum atomic E-state index is -4.16. The minimum Gasteiger partial charge on any atom is -0.497 e. The standard InChI is InChI=1S/C23H22N4O7S/c1-33-20-12-13-22(34-2)17(14-20)15-24-25-23(28)16-26(18-8-10-19(11-9-18)27(29)30)35(31,32)21-6-4-3-5-7-21/h3-15H,16H2,1-2H3,(H,25,28)/b24-15-. The van der Waals surface area contributed by atoms with E-state index in [9.17, 15) is 23.3 Å². The number of anilines is 1. The molecule has 3 aromatic rings. The number of carbonyl (C=O) groups excluding carboxylic acids is 1. The van der Waals surface area contributed by atoms with E-state index in [1.165, 1.54) is 44.7 Å². The molecule has 0 fully saturated rings. The molecule has 0 atom stereocenters. The number of amides is 1. The molecule has 0 spiro atoms. The molecule has 1 N–H and O–H groups in total. The number of methoxy groups -OCH3 is 2. The van der Waals surface area contributed by atoms with E-state index in [1.807, 2.05) is 0 Å². The summed E-state index contributed by atoms with van der Waals surface area (Å²) in [6.07, 6.45) is 1.33. The lowest BCUT2D eigenvalue weighted by molar-refractivity contribution is -0.384. The van der Waals surface area contributed by atoms with Crippen LogP contribution in [0.1, 0.15) is 5.56 Å². The van der Waals surface area contributed by atoms with Gasteiger partial charge < -0.3 is 9.47 Å². The molecule has 0 radical (unpaired) electrons. The highest BCUT2D eigenvalue weighted by molar-refractivity contribution is 7.92. The summed E-state index contributed by atoms with van der Waals surface area (Å²) < 4.78 is 37.8. The van der Waals surface area contributed by atoms with E-state index in [2.05, 4.69) is 10.5 Å². The van der Waals surface area contributed by atoms with Crippen LogP contribution in [0.25, 0.3) is 0 Å². The van der Waals surface area contributed by atoms with Crippen LogP contribution in [-0.2, 0) is 14.8 Å². The van der Waals surface area contributed by atoms with E-state index >= 15 is 0 Å². The molecule has 0 bridgehead atoms. The first-order valence-corrected chi connectivity index (χ1v) is 11.6. The van der Waals surface area contributed by atoms with Gasteiger partial charge in [-0.15, -0.1) is 0 Å². The molecule has 0 saturated carbocycles. The molecular weight excluding hydrogens is 476 g/mol. The first-order chi connectivity index (χ1) is 16.8. The Morgan fingerprint density at radius 2 is 1.74 bits per heavy atom. The van der Waals surface area contributed by atoms with Gasteiger partial charge in [0.2, 0.25) is 0 Å². The highest BCUT2D eigenvalue weighted by Gasteiger charge is 2.27. The Kier molecular flexibility index (Phi) is 8.00. The van der Waals surface area contributed by atoms with Crippen molar-refractivity contribution in [3.8, 4) is 11.5 Å². The zero-order chi connectivity index (χ0) is 25.4. The number of benzene rings is 3. The van der Waals surface area contributed by atoms with Gasteiger partial charge in [0.25, 0.3) is 21.6 Å². The maximum atomic E-state index is 13.3. The molecular formula is C23H22N4O7S. The Hall–Kier alpha value is -4.45. The number of rotatable bonds is 10. The van der Waals surface area contributed by atoms with Gasteiger partial charge >= 0.3 is 0 Å². The molecule has 0 aliphatic rings. The molecule has 11 nitrogen and oxygen atoms in total. The summed E-state index contributed by atoms with van der Waals surface area (Å²) in [5.74, 6) is 0.306. The van der Waals surface area contributed by atoms with Crippen molar-refractivity contribution in [2.24, 2.45) is 5.10 Å². The van der Waals surface area contributed by atoms with Gasteiger partial charge in [-0.05, 0) is 42.5 Å². The van der Waals surface area contributed by atoms with E-state index in [1.54, 1.807) is 36.4 Å². The third-order valence-corrected chi connectivity index (χ3v) is 6.58. The van der Waals surface area contributed by atoms with Crippen LogP contribution in [0.15, 0.2) is 82.8 Å². The first-order valence-electron chi connectivity index (χ1n) is 10.1. The highest BCUT2D eigenvalue weighted by Crippen LogP contribution is 2.26. The first kappa shape index (κ1) is 25.2. The van der Waals surface area contributed by atoms with Crippen molar-refractivity contribution in [1.82, 2.24) is 5.43 Å². The monoisotopic (exact) mass is 498 g/mol. The quantitative estimate of drug-likeness (QED) is 0.257. The van der Waals surface area contributed by atoms with Gasteiger partial charge in [-0.1, -0.05) is 18.2 Å².